The van der Waals surface area contributed by atoms with Crippen LogP contribution in [0.3, 0.4) is 0 Å². The smallest absolute Gasteiger partial charge is 0.332 e. The largest absolute Gasteiger partial charge is 0.467 e. The molecule has 25 heavy (non-hydrogen) atoms. The van der Waals surface area contributed by atoms with E-state index in [9.17, 15) is 4.79 Å². The molecule has 0 N–H and O–H groups in total. The van der Waals surface area contributed by atoms with Crippen LogP contribution >= 0.6 is 0 Å². The van der Waals surface area contributed by atoms with E-state index in [0.717, 1.165) is 25.9 Å². The van der Waals surface area contributed by atoms with Gasteiger partial charge in [-0.1, -0.05) is 29.8 Å². The number of ether oxygens (including phenoxy) is 1. The van der Waals surface area contributed by atoms with Crippen molar-refractivity contribution < 1.29 is 9.53 Å². The standard InChI is InChI=1S/C21H24N2O2/c1-4-13-12-22-10-9-15-14-7-5-6-8-17(14)23-19(15)18(22)11-16(13)21(23,2)20(24)25-3/h4-8,16,18H,9-12H2,1-3H3/b13-4-/t16-,18-,21-/m0/s1. The van der Waals surface area contributed by atoms with Crippen molar-refractivity contribution in [3.8, 4) is 0 Å². The van der Waals surface area contributed by atoms with E-state index < -0.39 is 5.54 Å². The van der Waals surface area contributed by atoms with Crippen LogP contribution in [0.4, 0.5) is 0 Å². The van der Waals surface area contributed by atoms with Crippen molar-refractivity contribution >= 4 is 16.9 Å². The number of carbonyl (C=O) groups excluding carboxylic acids is 1. The Kier molecular flexibility index (Phi) is 3.03. The maximum atomic E-state index is 13.1. The summed E-state index contributed by atoms with van der Waals surface area (Å²) in [6.45, 7) is 6.26. The number of aromatic nitrogens is 1. The Bertz CT molecular complexity index is 925. The minimum atomic E-state index is -0.677. The highest BCUT2D eigenvalue weighted by Crippen LogP contribution is 2.55. The van der Waals surface area contributed by atoms with Crippen molar-refractivity contribution in [2.45, 2.75) is 38.3 Å². The first-order valence-corrected chi connectivity index (χ1v) is 9.21. The van der Waals surface area contributed by atoms with E-state index in [-0.39, 0.29) is 11.9 Å². The van der Waals surface area contributed by atoms with Gasteiger partial charge < -0.3 is 9.30 Å². The Morgan fingerprint density at radius 3 is 2.92 bits per heavy atom. The van der Waals surface area contributed by atoms with Crippen LogP contribution in [0.25, 0.3) is 10.9 Å². The number of benzene rings is 1. The van der Waals surface area contributed by atoms with Crippen LogP contribution in [0.5, 0.6) is 0 Å². The summed E-state index contributed by atoms with van der Waals surface area (Å²) in [4.78, 5) is 15.7. The molecule has 2 bridgehead atoms. The van der Waals surface area contributed by atoms with E-state index in [1.807, 2.05) is 0 Å². The van der Waals surface area contributed by atoms with Crippen molar-refractivity contribution in [3.63, 3.8) is 0 Å². The van der Waals surface area contributed by atoms with Crippen molar-refractivity contribution in [1.29, 1.82) is 0 Å². The summed E-state index contributed by atoms with van der Waals surface area (Å²) in [6, 6.07) is 8.98. The fraction of sp³-hybridized carbons (Fsp3) is 0.476. The molecule has 1 saturated heterocycles. The molecule has 4 nitrogen and oxygen atoms in total. The molecule has 0 spiro atoms. The molecule has 2 aromatic rings. The first-order chi connectivity index (χ1) is 12.1. The van der Waals surface area contributed by atoms with E-state index in [2.05, 4.69) is 53.7 Å². The van der Waals surface area contributed by atoms with Crippen LogP contribution in [0.2, 0.25) is 0 Å². The topological polar surface area (TPSA) is 34.5 Å². The minimum absolute atomic E-state index is 0.127. The summed E-state index contributed by atoms with van der Waals surface area (Å²) >= 11 is 0. The Hall–Kier alpha value is -2.07. The molecule has 1 aromatic heterocycles. The lowest BCUT2D eigenvalue weighted by Gasteiger charge is -2.54. The molecule has 1 fully saturated rings. The number of rotatable bonds is 1. The number of methoxy groups -OCH3 is 1. The van der Waals surface area contributed by atoms with Crippen molar-refractivity contribution in [2.24, 2.45) is 5.92 Å². The summed E-state index contributed by atoms with van der Waals surface area (Å²) in [6.07, 6.45) is 4.28. The molecule has 0 radical (unpaired) electrons. The third kappa shape index (κ3) is 1.68. The van der Waals surface area contributed by atoms with Crippen LogP contribution < -0.4 is 0 Å². The zero-order valence-electron chi connectivity index (χ0n) is 15.1. The first kappa shape index (κ1) is 15.2. The Morgan fingerprint density at radius 1 is 1.36 bits per heavy atom. The summed E-state index contributed by atoms with van der Waals surface area (Å²) in [5.41, 5.74) is 4.66. The molecule has 0 saturated carbocycles. The molecule has 4 heterocycles. The van der Waals surface area contributed by atoms with E-state index in [0.29, 0.717) is 6.04 Å². The quantitative estimate of drug-likeness (QED) is 0.591. The van der Waals surface area contributed by atoms with Gasteiger partial charge in [-0.25, -0.2) is 4.79 Å². The third-order valence-electron chi connectivity index (χ3n) is 6.83. The van der Waals surface area contributed by atoms with Gasteiger partial charge in [0.25, 0.3) is 0 Å². The maximum absolute atomic E-state index is 13.1. The van der Waals surface area contributed by atoms with Gasteiger partial charge in [0.15, 0.2) is 0 Å². The highest BCUT2D eigenvalue weighted by Gasteiger charge is 2.56. The fourth-order valence-corrected chi connectivity index (χ4v) is 5.67. The maximum Gasteiger partial charge on any atom is 0.332 e. The number of allylic oxidation sites excluding steroid dienone is 1. The van der Waals surface area contributed by atoms with E-state index in [4.69, 9.17) is 4.74 Å². The van der Waals surface area contributed by atoms with Gasteiger partial charge in [-0.2, -0.15) is 0 Å². The van der Waals surface area contributed by atoms with Gasteiger partial charge in [0, 0.05) is 35.6 Å². The molecule has 5 rings (SSSR count). The first-order valence-electron chi connectivity index (χ1n) is 9.21. The van der Waals surface area contributed by atoms with Crippen LogP contribution in [0.1, 0.15) is 37.6 Å². The molecule has 3 aliphatic rings. The second-order valence-electron chi connectivity index (χ2n) is 7.74. The number of carbonyl (C=O) groups is 1. The van der Waals surface area contributed by atoms with Crippen LogP contribution in [0.15, 0.2) is 35.9 Å². The fourth-order valence-electron chi connectivity index (χ4n) is 5.67. The molecular formula is C21H24N2O2. The Labute approximate surface area is 148 Å². The number of nitrogens with zero attached hydrogens (tertiary/aromatic N) is 2. The SMILES string of the molecule is C/C=C1/CN2CCc3c4n(c5ccccc35)[C@](C)(C(=O)OC)[C@H]1C[C@@H]42. The van der Waals surface area contributed by atoms with Crippen LogP contribution in [-0.2, 0) is 21.5 Å². The molecule has 130 valence electrons. The Morgan fingerprint density at radius 2 is 2.16 bits per heavy atom. The van der Waals surface area contributed by atoms with Gasteiger partial charge in [0.05, 0.1) is 13.2 Å². The summed E-state index contributed by atoms with van der Waals surface area (Å²) < 4.78 is 7.67. The number of hydrogen-bond acceptors (Lipinski definition) is 3. The molecule has 0 aliphatic carbocycles. The van der Waals surface area contributed by atoms with Crippen molar-refractivity contribution in [1.82, 2.24) is 9.47 Å². The molecule has 0 amide bonds. The second kappa shape index (κ2) is 4.98. The molecule has 1 aromatic carbocycles. The Balaban J connectivity index is 1.92. The lowest BCUT2D eigenvalue weighted by Crippen LogP contribution is -2.58. The lowest BCUT2D eigenvalue weighted by molar-refractivity contribution is -0.155. The van der Waals surface area contributed by atoms with Crippen LogP contribution in [0, 0.1) is 5.92 Å². The predicted octanol–water partition coefficient (Wildman–Crippen LogP) is 3.41. The van der Waals surface area contributed by atoms with E-state index in [1.165, 1.54) is 34.8 Å². The number of hydrogen-bond donors (Lipinski definition) is 0. The number of esters is 1. The van der Waals surface area contributed by atoms with Gasteiger partial charge in [-0.3, -0.25) is 4.90 Å². The van der Waals surface area contributed by atoms with Gasteiger partial charge in [0.1, 0.15) is 5.54 Å². The average Bonchev–Trinajstić information content (AvgIpc) is 3.00. The predicted molar refractivity (Wildman–Crippen MR) is 97.5 cm³/mol. The van der Waals surface area contributed by atoms with E-state index in [1.54, 1.807) is 0 Å². The van der Waals surface area contributed by atoms with Crippen LogP contribution in [-0.4, -0.2) is 35.6 Å². The summed E-state index contributed by atoms with van der Waals surface area (Å²) in [5.74, 6) is 0.0679. The molecule has 4 heteroatoms. The minimum Gasteiger partial charge on any atom is -0.467 e. The third-order valence-corrected chi connectivity index (χ3v) is 6.83. The second-order valence-corrected chi connectivity index (χ2v) is 7.74. The molecule has 3 aliphatic heterocycles. The zero-order chi connectivity index (χ0) is 17.3. The zero-order valence-corrected chi connectivity index (χ0v) is 15.1. The van der Waals surface area contributed by atoms with Crippen molar-refractivity contribution in [3.05, 3.63) is 47.2 Å². The molecule has 3 atom stereocenters. The van der Waals surface area contributed by atoms with Crippen molar-refractivity contribution in [2.75, 3.05) is 20.2 Å². The number of para-hydroxylation sites is 1. The number of fused-ring (bicyclic) bond motifs is 4. The molecular weight excluding hydrogens is 312 g/mol. The average molecular weight is 336 g/mol. The monoisotopic (exact) mass is 336 g/mol. The normalized spacial score (nSPS) is 32.2. The lowest BCUT2D eigenvalue weighted by atomic mass is 9.68. The highest BCUT2D eigenvalue weighted by molar-refractivity contribution is 5.91. The molecule has 0 unspecified atom stereocenters. The van der Waals surface area contributed by atoms with E-state index >= 15 is 0 Å². The summed E-state index contributed by atoms with van der Waals surface area (Å²) in [5, 5.41) is 1.31. The van der Waals surface area contributed by atoms with Gasteiger partial charge >= 0.3 is 5.97 Å². The van der Waals surface area contributed by atoms with Gasteiger partial charge in [0.2, 0.25) is 0 Å². The summed E-state index contributed by atoms with van der Waals surface area (Å²) in [7, 11) is 1.52. The van der Waals surface area contributed by atoms with Gasteiger partial charge in [-0.05, 0) is 38.3 Å². The highest BCUT2D eigenvalue weighted by atomic mass is 16.5. The number of piperidine rings is 1. The van der Waals surface area contributed by atoms with Gasteiger partial charge in [-0.15, -0.1) is 0 Å².